The Labute approximate surface area is 307 Å². The molecule has 0 fully saturated rings. The van der Waals surface area contributed by atoms with Crippen molar-refractivity contribution in [2.75, 3.05) is 0 Å². The third-order valence-electron chi connectivity index (χ3n) is 10.6. The van der Waals surface area contributed by atoms with Crippen molar-refractivity contribution < 1.29 is 8.83 Å². The number of furan rings is 2. The lowest BCUT2D eigenvalue weighted by Crippen LogP contribution is -2.03. The Morgan fingerprint density at radius 1 is 0.453 bits per heavy atom. The van der Waals surface area contributed by atoms with E-state index in [1.54, 1.807) is 0 Å². The Morgan fingerprint density at radius 3 is 1.60 bits per heavy atom. The van der Waals surface area contributed by atoms with Crippen molar-refractivity contribution in [2.24, 2.45) is 4.99 Å². The number of rotatable bonds is 6. The van der Waals surface area contributed by atoms with Gasteiger partial charge in [0.25, 0.3) is 0 Å². The first-order valence-corrected chi connectivity index (χ1v) is 18.3. The quantitative estimate of drug-likeness (QED) is 0.175. The molecule has 0 radical (unpaired) electrons. The van der Waals surface area contributed by atoms with E-state index in [9.17, 15) is 0 Å². The maximum Gasteiger partial charge on any atom is 0.135 e. The van der Waals surface area contributed by atoms with Crippen molar-refractivity contribution >= 4 is 60.9 Å². The fourth-order valence-corrected chi connectivity index (χ4v) is 7.90. The molecule has 1 aliphatic heterocycles. The average molecular weight is 682 g/mol. The summed E-state index contributed by atoms with van der Waals surface area (Å²) >= 11 is 0. The molecule has 252 valence electrons. The molecule has 0 unspecified atom stereocenters. The molecule has 0 saturated heterocycles. The fourth-order valence-electron chi connectivity index (χ4n) is 7.90. The van der Waals surface area contributed by atoms with Crippen LogP contribution >= 0.6 is 0 Å². The first-order chi connectivity index (χ1) is 26.2. The third kappa shape index (κ3) is 5.49. The molecule has 0 aliphatic carbocycles. The number of benzene rings is 7. The van der Waals surface area contributed by atoms with Crippen molar-refractivity contribution in [1.82, 2.24) is 0 Å². The molecule has 0 N–H and O–H groups in total. The topological polar surface area (TPSA) is 38.6 Å². The van der Waals surface area contributed by atoms with Crippen molar-refractivity contribution in [3.8, 4) is 22.3 Å². The Balaban J connectivity index is 1.20. The Hall–Kier alpha value is -6.71. The summed E-state index contributed by atoms with van der Waals surface area (Å²) in [6.07, 6.45) is 3.99. The predicted octanol–water partition coefficient (Wildman–Crippen LogP) is 13.9. The molecule has 3 heterocycles. The van der Waals surface area contributed by atoms with Gasteiger partial charge in [0, 0.05) is 33.5 Å². The van der Waals surface area contributed by atoms with Gasteiger partial charge in [-0.2, -0.15) is 0 Å². The number of hydrogen-bond donors (Lipinski definition) is 0. The van der Waals surface area contributed by atoms with Crippen LogP contribution in [0.4, 0.5) is 0 Å². The summed E-state index contributed by atoms with van der Waals surface area (Å²) in [5, 5.41) is 4.47. The van der Waals surface area contributed by atoms with E-state index in [0.29, 0.717) is 0 Å². The molecule has 2 aromatic heterocycles. The zero-order valence-electron chi connectivity index (χ0n) is 29.3. The SMILES string of the molecule is CCC1=C(c2ccc(-c3ccc4oc5ccccc5c4c3)c(-c3ccc4oc5ccccc5c4c3)c2)C=C(c2ccccc2)N=C(c2ccccc2)C1. The van der Waals surface area contributed by atoms with Crippen LogP contribution in [0.15, 0.2) is 189 Å². The molecule has 0 bridgehead atoms. The number of allylic oxidation sites excluding steroid dienone is 3. The van der Waals surface area contributed by atoms with Gasteiger partial charge in [0.15, 0.2) is 0 Å². The van der Waals surface area contributed by atoms with Crippen LogP contribution in [0.3, 0.4) is 0 Å². The van der Waals surface area contributed by atoms with Gasteiger partial charge in [0.2, 0.25) is 0 Å². The summed E-state index contributed by atoms with van der Waals surface area (Å²) < 4.78 is 12.5. The van der Waals surface area contributed by atoms with E-state index in [-0.39, 0.29) is 0 Å². The van der Waals surface area contributed by atoms with Crippen LogP contribution < -0.4 is 0 Å². The highest BCUT2D eigenvalue weighted by molar-refractivity contribution is 6.10. The second-order valence-electron chi connectivity index (χ2n) is 13.7. The normalized spacial score (nSPS) is 13.5. The number of hydrogen-bond acceptors (Lipinski definition) is 3. The lowest BCUT2D eigenvalue weighted by Gasteiger charge is -2.16. The lowest BCUT2D eigenvalue weighted by atomic mass is 9.87. The van der Waals surface area contributed by atoms with Gasteiger partial charge in [-0.25, -0.2) is 0 Å². The Kier molecular flexibility index (Phi) is 7.51. The van der Waals surface area contributed by atoms with Gasteiger partial charge in [-0.05, 0) is 93.9 Å². The van der Waals surface area contributed by atoms with E-state index < -0.39 is 0 Å². The van der Waals surface area contributed by atoms with Crippen LogP contribution in [-0.4, -0.2) is 5.71 Å². The van der Waals surface area contributed by atoms with Gasteiger partial charge >= 0.3 is 0 Å². The number of fused-ring (bicyclic) bond motifs is 6. The number of para-hydroxylation sites is 2. The summed E-state index contributed by atoms with van der Waals surface area (Å²) in [6.45, 7) is 2.26. The zero-order valence-corrected chi connectivity index (χ0v) is 29.3. The number of nitrogens with zero attached hydrogens (tertiary/aromatic N) is 1. The van der Waals surface area contributed by atoms with Gasteiger partial charge in [-0.1, -0.05) is 134 Å². The summed E-state index contributed by atoms with van der Waals surface area (Å²) in [5.41, 5.74) is 16.2. The highest BCUT2D eigenvalue weighted by Gasteiger charge is 2.20. The van der Waals surface area contributed by atoms with Crippen LogP contribution in [-0.2, 0) is 0 Å². The third-order valence-corrected chi connectivity index (χ3v) is 10.6. The van der Waals surface area contributed by atoms with Gasteiger partial charge in [0.1, 0.15) is 22.3 Å². The molecule has 9 aromatic rings. The summed E-state index contributed by atoms with van der Waals surface area (Å²) in [6, 6.07) is 57.9. The van der Waals surface area contributed by atoms with E-state index in [0.717, 1.165) is 102 Å². The smallest absolute Gasteiger partial charge is 0.135 e. The van der Waals surface area contributed by atoms with Gasteiger partial charge in [0.05, 0.1) is 11.4 Å². The van der Waals surface area contributed by atoms with Crippen molar-refractivity contribution in [1.29, 1.82) is 0 Å². The van der Waals surface area contributed by atoms with Crippen LogP contribution in [0.1, 0.15) is 36.5 Å². The largest absolute Gasteiger partial charge is 0.456 e. The second kappa shape index (κ2) is 12.8. The predicted molar refractivity (Wildman–Crippen MR) is 221 cm³/mol. The summed E-state index contributed by atoms with van der Waals surface area (Å²) in [7, 11) is 0. The minimum Gasteiger partial charge on any atom is -0.456 e. The van der Waals surface area contributed by atoms with E-state index in [4.69, 9.17) is 13.8 Å². The molecule has 3 heteroatoms. The Morgan fingerprint density at radius 2 is 0.981 bits per heavy atom. The molecule has 3 nitrogen and oxygen atoms in total. The van der Waals surface area contributed by atoms with Crippen LogP contribution in [0.2, 0.25) is 0 Å². The molecule has 10 rings (SSSR count). The molecule has 0 atom stereocenters. The van der Waals surface area contributed by atoms with E-state index >= 15 is 0 Å². The first kappa shape index (κ1) is 31.1. The van der Waals surface area contributed by atoms with Crippen molar-refractivity contribution in [3.05, 3.63) is 192 Å². The monoisotopic (exact) mass is 681 g/mol. The summed E-state index contributed by atoms with van der Waals surface area (Å²) in [4.78, 5) is 5.36. The lowest BCUT2D eigenvalue weighted by molar-refractivity contribution is 0.668. The molecule has 1 aliphatic rings. The summed E-state index contributed by atoms with van der Waals surface area (Å²) in [5.74, 6) is 0. The van der Waals surface area contributed by atoms with E-state index in [2.05, 4.69) is 153 Å². The minimum absolute atomic E-state index is 0.775. The number of aliphatic imine (C=N–C) groups is 1. The minimum atomic E-state index is 0.775. The van der Waals surface area contributed by atoms with Crippen LogP contribution in [0.5, 0.6) is 0 Å². The van der Waals surface area contributed by atoms with E-state index in [1.165, 1.54) is 16.7 Å². The first-order valence-electron chi connectivity index (χ1n) is 18.3. The van der Waals surface area contributed by atoms with Gasteiger partial charge in [-0.15, -0.1) is 0 Å². The van der Waals surface area contributed by atoms with Gasteiger partial charge < -0.3 is 8.83 Å². The molecule has 0 saturated carbocycles. The fraction of sp³-hybridized carbons (Fsp3) is 0.0600. The van der Waals surface area contributed by atoms with Crippen molar-refractivity contribution in [2.45, 2.75) is 19.8 Å². The highest BCUT2D eigenvalue weighted by Crippen LogP contribution is 2.42. The Bertz CT molecular complexity index is 2940. The maximum absolute atomic E-state index is 6.26. The molecular formula is C50H35NO2. The average Bonchev–Trinajstić information content (AvgIpc) is 3.72. The standard InChI is InChI=1S/C50H35NO2/c1-2-32-30-45(33-13-5-3-6-14-33)51-46(34-15-7-4-8-16-34)31-41(32)36-21-24-38(35-22-25-49-43(28-35)39-17-9-11-19-47(39)52-49)42(27-36)37-23-26-50-44(29-37)40-18-10-12-20-48(40)53-50/h3-29,31H,2,30H2,1H3. The zero-order chi connectivity index (χ0) is 35.3. The van der Waals surface area contributed by atoms with Crippen molar-refractivity contribution in [3.63, 3.8) is 0 Å². The van der Waals surface area contributed by atoms with Crippen LogP contribution in [0.25, 0.3) is 77.4 Å². The molecule has 0 spiro atoms. The maximum atomic E-state index is 6.26. The van der Waals surface area contributed by atoms with E-state index in [1.807, 2.05) is 24.3 Å². The highest BCUT2D eigenvalue weighted by atomic mass is 16.3. The molecule has 53 heavy (non-hydrogen) atoms. The van der Waals surface area contributed by atoms with Gasteiger partial charge in [-0.3, -0.25) is 4.99 Å². The molecule has 0 amide bonds. The second-order valence-corrected chi connectivity index (χ2v) is 13.7. The molecular weight excluding hydrogens is 647 g/mol. The van der Waals surface area contributed by atoms with Crippen LogP contribution in [0, 0.1) is 0 Å². The molecule has 7 aromatic carbocycles.